The summed E-state index contributed by atoms with van der Waals surface area (Å²) in [4.78, 5) is 10.6. The largest absolute Gasteiger partial charge is 0.481 e. The van der Waals surface area contributed by atoms with E-state index >= 15 is 0 Å². The first kappa shape index (κ1) is 9.52. The van der Waals surface area contributed by atoms with E-state index in [2.05, 4.69) is 0 Å². The molecule has 0 saturated heterocycles. The van der Waals surface area contributed by atoms with E-state index in [4.69, 9.17) is 9.84 Å². The van der Waals surface area contributed by atoms with Crippen LogP contribution in [0.2, 0.25) is 0 Å². The number of carboxylic acids is 1. The molecule has 0 atom stereocenters. The number of aliphatic carboxylic acids is 1. The van der Waals surface area contributed by atoms with Crippen LogP contribution in [-0.4, -0.2) is 23.8 Å². The molecule has 1 aliphatic rings. The lowest BCUT2D eigenvalue weighted by Gasteiger charge is -2.25. The van der Waals surface area contributed by atoms with Crippen LogP contribution in [0.1, 0.15) is 32.6 Å². The molecule has 1 rings (SSSR count). The maximum atomic E-state index is 10.6. The van der Waals surface area contributed by atoms with Gasteiger partial charge in [0.15, 0.2) is 0 Å². The number of rotatable bonds is 3. The summed E-state index contributed by atoms with van der Waals surface area (Å²) in [5.41, 5.74) is 0. The molecule has 0 aromatic rings. The van der Waals surface area contributed by atoms with E-state index in [0.29, 0.717) is 6.10 Å². The predicted molar refractivity (Wildman–Crippen MR) is 45.0 cm³/mol. The van der Waals surface area contributed by atoms with Crippen molar-refractivity contribution in [3.8, 4) is 0 Å². The lowest BCUT2D eigenvalue weighted by Crippen LogP contribution is -2.25. The monoisotopic (exact) mass is 172 g/mol. The van der Waals surface area contributed by atoms with Crippen LogP contribution in [-0.2, 0) is 9.53 Å². The average Bonchev–Trinajstić information content (AvgIpc) is 2.06. The fraction of sp³-hybridized carbons (Fsp3) is 0.889. The van der Waals surface area contributed by atoms with Gasteiger partial charge in [0.2, 0.25) is 0 Å². The van der Waals surface area contributed by atoms with Crippen LogP contribution in [0.25, 0.3) is 0 Å². The molecule has 0 unspecified atom stereocenters. The Kier molecular flexibility index (Phi) is 3.53. The molecule has 1 saturated carbocycles. The summed E-state index contributed by atoms with van der Waals surface area (Å²) in [6.07, 6.45) is 3.68. The minimum absolute atomic E-state index is 0.123. The van der Waals surface area contributed by atoms with E-state index < -0.39 is 5.97 Å². The summed E-state index contributed by atoms with van der Waals surface area (Å²) >= 11 is 0. The first-order chi connectivity index (χ1) is 5.74. The molecule has 1 N–H and O–H groups in total. The number of ether oxygens (including phenoxy) is 1. The Bertz CT molecular complexity index is 148. The van der Waals surface area contributed by atoms with Crippen molar-refractivity contribution in [3.05, 3.63) is 0 Å². The quantitative estimate of drug-likeness (QED) is 0.704. The SMILES string of the molecule is CCOC1CCC(C(=O)O)CC1. The number of carboxylic acid groups (broad SMARTS) is 1. The summed E-state index contributed by atoms with van der Waals surface area (Å²) in [6.45, 7) is 2.71. The molecule has 0 bridgehead atoms. The predicted octanol–water partition coefficient (Wildman–Crippen LogP) is 1.67. The molecular weight excluding hydrogens is 156 g/mol. The average molecular weight is 172 g/mol. The molecule has 0 amide bonds. The van der Waals surface area contributed by atoms with Crippen molar-refractivity contribution in [2.24, 2.45) is 5.92 Å². The van der Waals surface area contributed by atoms with Gasteiger partial charge in [-0.3, -0.25) is 4.79 Å². The first-order valence-corrected chi connectivity index (χ1v) is 4.58. The van der Waals surface area contributed by atoms with Gasteiger partial charge in [-0.2, -0.15) is 0 Å². The Hall–Kier alpha value is -0.570. The highest BCUT2D eigenvalue weighted by molar-refractivity contribution is 5.69. The molecule has 1 fully saturated rings. The summed E-state index contributed by atoms with van der Waals surface area (Å²) < 4.78 is 5.42. The summed E-state index contributed by atoms with van der Waals surface area (Å²) in [5, 5.41) is 8.71. The van der Waals surface area contributed by atoms with Crippen LogP contribution < -0.4 is 0 Å². The van der Waals surface area contributed by atoms with E-state index in [1.165, 1.54) is 0 Å². The molecule has 0 aromatic heterocycles. The van der Waals surface area contributed by atoms with Crippen molar-refractivity contribution < 1.29 is 14.6 Å². The van der Waals surface area contributed by atoms with Crippen LogP contribution in [0.15, 0.2) is 0 Å². The molecule has 0 spiro atoms. The molecule has 0 aliphatic heterocycles. The fourth-order valence-electron chi connectivity index (χ4n) is 1.71. The highest BCUT2D eigenvalue weighted by atomic mass is 16.5. The molecular formula is C9H16O3. The molecule has 0 heterocycles. The highest BCUT2D eigenvalue weighted by Gasteiger charge is 2.25. The second-order valence-corrected chi connectivity index (χ2v) is 3.27. The first-order valence-electron chi connectivity index (χ1n) is 4.58. The number of carbonyl (C=O) groups is 1. The Morgan fingerprint density at radius 3 is 2.42 bits per heavy atom. The van der Waals surface area contributed by atoms with Crippen molar-refractivity contribution in [1.82, 2.24) is 0 Å². The van der Waals surface area contributed by atoms with Gasteiger partial charge < -0.3 is 9.84 Å². The second-order valence-electron chi connectivity index (χ2n) is 3.27. The highest BCUT2D eigenvalue weighted by Crippen LogP contribution is 2.26. The molecule has 3 heteroatoms. The zero-order chi connectivity index (χ0) is 8.97. The Morgan fingerprint density at radius 2 is 2.00 bits per heavy atom. The third-order valence-corrected chi connectivity index (χ3v) is 2.43. The van der Waals surface area contributed by atoms with Gasteiger partial charge in [-0.25, -0.2) is 0 Å². The van der Waals surface area contributed by atoms with Gasteiger partial charge in [0.05, 0.1) is 12.0 Å². The van der Waals surface area contributed by atoms with Crippen LogP contribution in [0.4, 0.5) is 0 Å². The normalized spacial score (nSPS) is 30.1. The van der Waals surface area contributed by atoms with E-state index in [-0.39, 0.29) is 5.92 Å². The van der Waals surface area contributed by atoms with Crippen molar-refractivity contribution in [2.45, 2.75) is 38.7 Å². The van der Waals surface area contributed by atoms with E-state index in [0.717, 1.165) is 32.3 Å². The van der Waals surface area contributed by atoms with Crippen molar-refractivity contribution in [1.29, 1.82) is 0 Å². The molecule has 0 radical (unpaired) electrons. The minimum Gasteiger partial charge on any atom is -0.481 e. The van der Waals surface area contributed by atoms with Crippen molar-refractivity contribution >= 4 is 5.97 Å². The zero-order valence-electron chi connectivity index (χ0n) is 7.45. The Labute approximate surface area is 72.7 Å². The second kappa shape index (κ2) is 4.45. The zero-order valence-corrected chi connectivity index (χ0v) is 7.45. The number of hydrogen-bond donors (Lipinski definition) is 1. The van der Waals surface area contributed by atoms with Gasteiger partial charge in [0.25, 0.3) is 0 Å². The van der Waals surface area contributed by atoms with E-state index in [1.54, 1.807) is 0 Å². The maximum absolute atomic E-state index is 10.6. The van der Waals surface area contributed by atoms with Crippen LogP contribution in [0.5, 0.6) is 0 Å². The molecule has 70 valence electrons. The van der Waals surface area contributed by atoms with Gasteiger partial charge in [-0.1, -0.05) is 0 Å². The molecule has 1 aliphatic carbocycles. The Morgan fingerprint density at radius 1 is 1.42 bits per heavy atom. The van der Waals surface area contributed by atoms with Crippen molar-refractivity contribution in [3.63, 3.8) is 0 Å². The third kappa shape index (κ3) is 2.48. The van der Waals surface area contributed by atoms with Crippen LogP contribution >= 0.6 is 0 Å². The molecule has 12 heavy (non-hydrogen) atoms. The lowest BCUT2D eigenvalue weighted by molar-refractivity contribution is -0.143. The van der Waals surface area contributed by atoms with Crippen LogP contribution in [0, 0.1) is 5.92 Å². The van der Waals surface area contributed by atoms with Gasteiger partial charge in [-0.15, -0.1) is 0 Å². The van der Waals surface area contributed by atoms with Gasteiger partial charge >= 0.3 is 5.97 Å². The Balaban J connectivity index is 2.25. The lowest BCUT2D eigenvalue weighted by atomic mass is 9.87. The van der Waals surface area contributed by atoms with Crippen molar-refractivity contribution in [2.75, 3.05) is 6.61 Å². The standard InChI is InChI=1S/C9H16O3/c1-2-12-8-5-3-7(4-6-8)9(10)11/h7-8H,2-6H2,1H3,(H,10,11). The van der Waals surface area contributed by atoms with E-state index in [1.807, 2.05) is 6.92 Å². The van der Waals surface area contributed by atoms with Gasteiger partial charge in [0.1, 0.15) is 0 Å². The summed E-state index contributed by atoms with van der Waals surface area (Å²) in [7, 11) is 0. The maximum Gasteiger partial charge on any atom is 0.306 e. The topological polar surface area (TPSA) is 46.5 Å². The third-order valence-electron chi connectivity index (χ3n) is 2.43. The molecule has 3 nitrogen and oxygen atoms in total. The smallest absolute Gasteiger partial charge is 0.306 e. The summed E-state index contributed by atoms with van der Waals surface area (Å²) in [5.74, 6) is -0.772. The van der Waals surface area contributed by atoms with Crippen LogP contribution in [0.3, 0.4) is 0 Å². The summed E-state index contributed by atoms with van der Waals surface area (Å²) in [6, 6.07) is 0. The fourth-order valence-corrected chi connectivity index (χ4v) is 1.71. The van der Waals surface area contributed by atoms with Gasteiger partial charge in [0, 0.05) is 6.61 Å². The van der Waals surface area contributed by atoms with E-state index in [9.17, 15) is 4.79 Å². The van der Waals surface area contributed by atoms with Gasteiger partial charge in [-0.05, 0) is 32.6 Å². The molecule has 0 aromatic carbocycles. The minimum atomic E-state index is -0.648. The number of hydrogen-bond acceptors (Lipinski definition) is 2.